The Labute approximate surface area is 336 Å². The lowest BCUT2D eigenvalue weighted by molar-refractivity contribution is -0.116. The molecule has 0 aliphatic heterocycles. The van der Waals surface area contributed by atoms with Gasteiger partial charge in [-0.3, -0.25) is 19.4 Å². The van der Waals surface area contributed by atoms with Crippen LogP contribution in [0.15, 0.2) is 74.5 Å². The third kappa shape index (κ3) is 14.7. The summed E-state index contributed by atoms with van der Waals surface area (Å²) in [5.74, 6) is 0.588. The van der Waals surface area contributed by atoms with E-state index in [1.807, 2.05) is 52.0 Å². The Hall–Kier alpha value is -4.31. The first-order valence-electron chi connectivity index (χ1n) is 19.7. The van der Waals surface area contributed by atoms with Crippen LogP contribution in [0.2, 0.25) is 0 Å². The number of hydrogen-bond donors (Lipinski definition) is 5. The number of nitrogens with two attached hydrogens (primary N) is 1. The van der Waals surface area contributed by atoms with E-state index in [-0.39, 0.29) is 28.3 Å². The molecule has 0 saturated heterocycles. The first kappa shape index (κ1) is 46.8. The van der Waals surface area contributed by atoms with Gasteiger partial charge in [0.1, 0.15) is 5.70 Å². The average molecular weight is 773 g/mol. The summed E-state index contributed by atoms with van der Waals surface area (Å²) >= 11 is 1.62. The van der Waals surface area contributed by atoms with Crippen molar-refractivity contribution in [3.05, 3.63) is 81.3 Å². The molecule has 55 heavy (non-hydrogen) atoms. The Bertz CT molecular complexity index is 1790. The van der Waals surface area contributed by atoms with Gasteiger partial charge in [0.2, 0.25) is 5.91 Å². The van der Waals surface area contributed by atoms with Crippen molar-refractivity contribution in [1.29, 1.82) is 0 Å². The third-order valence-electron chi connectivity index (χ3n) is 9.58. The van der Waals surface area contributed by atoms with E-state index in [9.17, 15) is 14.4 Å². The second kappa shape index (κ2) is 21.7. The quantitative estimate of drug-likeness (QED) is 0.0336. The minimum atomic E-state index is -0.428. The third-order valence-corrected chi connectivity index (χ3v) is 10.7. The number of hydrogen-bond acceptors (Lipinski definition) is 7. The summed E-state index contributed by atoms with van der Waals surface area (Å²) in [5.41, 5.74) is 12.9. The SMILES string of the molecule is CC=N/C(=C\C(C(=O)Nc1cc(C(C)(C)C)cc(NC(=O)CCCCC)c1C)=C(/C)CC)C(=O)Nc1cc(C(C)(C)C)ccc1SCCNC(N)=C(C)CC. The molecule has 10 heteroatoms. The number of amides is 3. The van der Waals surface area contributed by atoms with Crippen molar-refractivity contribution in [3.63, 3.8) is 0 Å². The number of unbranched alkanes of at least 4 members (excludes halogenated alkanes) is 2. The van der Waals surface area contributed by atoms with E-state index >= 15 is 0 Å². The van der Waals surface area contributed by atoms with Gasteiger partial charge in [-0.25, -0.2) is 0 Å². The molecule has 9 nitrogen and oxygen atoms in total. The molecule has 0 atom stereocenters. The fourth-order valence-electron chi connectivity index (χ4n) is 5.45. The second-order valence-electron chi connectivity index (χ2n) is 16.1. The van der Waals surface area contributed by atoms with Gasteiger partial charge >= 0.3 is 0 Å². The van der Waals surface area contributed by atoms with Crippen molar-refractivity contribution in [2.45, 2.75) is 144 Å². The zero-order valence-corrected chi connectivity index (χ0v) is 36.7. The maximum Gasteiger partial charge on any atom is 0.274 e. The maximum atomic E-state index is 14.2. The molecule has 0 heterocycles. The number of carbonyl (C=O) groups excluding carboxylic acids is 3. The van der Waals surface area contributed by atoms with Crippen molar-refractivity contribution in [1.82, 2.24) is 5.32 Å². The van der Waals surface area contributed by atoms with E-state index in [1.165, 1.54) is 0 Å². The minimum Gasteiger partial charge on any atom is -0.386 e. The monoisotopic (exact) mass is 773 g/mol. The molecule has 2 aromatic rings. The first-order valence-corrected chi connectivity index (χ1v) is 20.7. The van der Waals surface area contributed by atoms with E-state index in [4.69, 9.17) is 5.73 Å². The van der Waals surface area contributed by atoms with E-state index in [2.05, 4.69) is 87.7 Å². The number of nitrogens with zero attached hydrogens (tertiary/aromatic N) is 1. The summed E-state index contributed by atoms with van der Waals surface area (Å²) in [5, 5.41) is 12.6. The lowest BCUT2D eigenvalue weighted by Gasteiger charge is -2.24. The van der Waals surface area contributed by atoms with Gasteiger partial charge in [0.25, 0.3) is 11.8 Å². The number of nitrogens with one attached hydrogen (secondary N) is 4. The van der Waals surface area contributed by atoms with Gasteiger partial charge in [0.15, 0.2) is 0 Å². The van der Waals surface area contributed by atoms with Crippen LogP contribution in [0.25, 0.3) is 0 Å². The Morgan fingerprint density at radius 2 is 1.38 bits per heavy atom. The molecule has 0 aliphatic rings. The zero-order chi connectivity index (χ0) is 41.5. The first-order chi connectivity index (χ1) is 25.8. The fourth-order valence-corrected chi connectivity index (χ4v) is 6.30. The fraction of sp³-hybridized carbons (Fsp3) is 0.511. The molecule has 0 aliphatic carbocycles. The molecule has 6 N–H and O–H groups in total. The number of anilines is 3. The van der Waals surface area contributed by atoms with Gasteiger partial charge in [0.05, 0.1) is 11.5 Å². The summed E-state index contributed by atoms with van der Waals surface area (Å²) in [7, 11) is 0. The van der Waals surface area contributed by atoms with Gasteiger partial charge in [-0.15, -0.1) is 11.8 Å². The molecule has 0 aromatic heterocycles. The van der Waals surface area contributed by atoms with Gasteiger partial charge in [-0.2, -0.15) is 0 Å². The summed E-state index contributed by atoms with van der Waals surface area (Å²) in [6.45, 7) is 27.1. The van der Waals surface area contributed by atoms with Crippen LogP contribution in [-0.4, -0.2) is 36.2 Å². The van der Waals surface area contributed by atoms with Crippen molar-refractivity contribution in [3.8, 4) is 0 Å². The number of aliphatic imine (C=N–C) groups is 1. The second-order valence-corrected chi connectivity index (χ2v) is 17.2. The van der Waals surface area contributed by atoms with Crippen LogP contribution in [0.1, 0.15) is 138 Å². The molecule has 2 aromatic carbocycles. The van der Waals surface area contributed by atoms with Crippen LogP contribution in [0, 0.1) is 6.92 Å². The lowest BCUT2D eigenvalue weighted by Crippen LogP contribution is -2.24. The van der Waals surface area contributed by atoms with Crippen LogP contribution in [-0.2, 0) is 25.2 Å². The molecule has 3 amide bonds. The normalized spacial score (nSPS) is 13.3. The number of carbonyl (C=O) groups is 3. The number of allylic oxidation sites excluding steroid dienone is 2. The highest BCUT2D eigenvalue weighted by Gasteiger charge is 2.23. The smallest absolute Gasteiger partial charge is 0.274 e. The number of thioether (sulfide) groups is 1. The van der Waals surface area contributed by atoms with Crippen molar-refractivity contribution in [2.24, 2.45) is 10.7 Å². The highest BCUT2D eigenvalue weighted by Crippen LogP contribution is 2.35. The van der Waals surface area contributed by atoms with E-state index in [0.29, 0.717) is 47.8 Å². The maximum absolute atomic E-state index is 14.2. The van der Waals surface area contributed by atoms with Gasteiger partial charge in [-0.05, 0) is 110 Å². The van der Waals surface area contributed by atoms with Crippen LogP contribution >= 0.6 is 11.8 Å². The van der Waals surface area contributed by atoms with E-state index < -0.39 is 5.91 Å². The minimum absolute atomic E-state index is 0.0477. The van der Waals surface area contributed by atoms with Gasteiger partial charge < -0.3 is 27.0 Å². The van der Waals surface area contributed by atoms with Gasteiger partial charge in [-0.1, -0.05) is 86.8 Å². The van der Waals surface area contributed by atoms with E-state index in [1.54, 1.807) is 31.0 Å². The molecule has 0 radical (unpaired) electrons. The summed E-state index contributed by atoms with van der Waals surface area (Å²) < 4.78 is 0. The average Bonchev–Trinajstić information content (AvgIpc) is 3.12. The van der Waals surface area contributed by atoms with E-state index in [0.717, 1.165) is 64.2 Å². The van der Waals surface area contributed by atoms with Crippen LogP contribution in [0.4, 0.5) is 17.1 Å². The van der Waals surface area contributed by atoms with Crippen LogP contribution in [0.3, 0.4) is 0 Å². The molecule has 0 fully saturated rings. The molecular formula is C45H68N6O3S. The lowest BCUT2D eigenvalue weighted by atomic mass is 9.85. The molecular weight excluding hydrogens is 705 g/mol. The molecule has 0 unspecified atom stereocenters. The number of rotatable bonds is 18. The summed E-state index contributed by atoms with van der Waals surface area (Å²) in [4.78, 5) is 46.6. The van der Waals surface area contributed by atoms with Crippen molar-refractivity contribution < 1.29 is 14.4 Å². The predicted octanol–water partition coefficient (Wildman–Crippen LogP) is 10.7. The molecule has 302 valence electrons. The number of benzene rings is 2. The highest BCUT2D eigenvalue weighted by molar-refractivity contribution is 7.99. The molecule has 0 saturated carbocycles. The zero-order valence-electron chi connectivity index (χ0n) is 35.9. The van der Waals surface area contributed by atoms with Crippen LogP contribution in [0.5, 0.6) is 0 Å². The summed E-state index contributed by atoms with van der Waals surface area (Å²) in [6, 6.07) is 10.1. The Kier molecular flexibility index (Phi) is 18.5. The Morgan fingerprint density at radius 1 is 0.800 bits per heavy atom. The standard InChI is InChI=1S/C45H68N6O3S/c1-14-18-19-20-40(52)49-35-26-33(45(11,12)13)27-36(31(35)7)50-42(53)34(29(5)15-2)28-38(47-17-4)43(54)51-37-25-32(44(8,9)10)21-22-39(37)55-24-23-48-41(46)30(6)16-3/h17,21-22,25-28,48H,14-16,18-20,23-24,46H2,1-13H3,(H,49,52)(H,50,53)(H,51,54)/b34-29-,38-28-,41-30?,47-17?. The molecule has 0 bridgehead atoms. The predicted molar refractivity (Wildman–Crippen MR) is 236 cm³/mol. The topological polar surface area (TPSA) is 138 Å². The van der Waals surface area contributed by atoms with Crippen molar-refractivity contribution >= 4 is 52.8 Å². The summed E-state index contributed by atoms with van der Waals surface area (Å²) in [6.07, 6.45) is 7.88. The van der Waals surface area contributed by atoms with Gasteiger partial charge in [0, 0.05) is 46.8 Å². The Morgan fingerprint density at radius 3 is 1.95 bits per heavy atom. The van der Waals surface area contributed by atoms with Crippen LogP contribution < -0.4 is 27.0 Å². The van der Waals surface area contributed by atoms with Crippen molar-refractivity contribution in [2.75, 3.05) is 28.2 Å². The Balaban J connectivity index is 2.53. The molecule has 2 rings (SSSR count). The highest BCUT2D eigenvalue weighted by atomic mass is 32.2. The molecule has 0 spiro atoms. The largest absolute Gasteiger partial charge is 0.386 e.